The second kappa shape index (κ2) is 5.71. The number of benzene rings is 1. The fourth-order valence-electron chi connectivity index (χ4n) is 3.42. The molecule has 1 saturated carbocycles. The van der Waals surface area contributed by atoms with Gasteiger partial charge in [0.2, 0.25) is 10.9 Å². The highest BCUT2D eigenvalue weighted by molar-refractivity contribution is 5.82. The number of hydrogen-bond donors (Lipinski definition) is 1. The maximum atomic E-state index is 12.0. The van der Waals surface area contributed by atoms with E-state index in [1.807, 2.05) is 32.0 Å². The minimum atomic E-state index is -0.356. The van der Waals surface area contributed by atoms with Crippen LogP contribution in [0, 0.1) is 19.8 Å². The molecule has 3 rings (SSSR count). The van der Waals surface area contributed by atoms with Crippen molar-refractivity contribution in [1.82, 2.24) is 0 Å². The summed E-state index contributed by atoms with van der Waals surface area (Å²) < 4.78 is 0. The molecule has 0 radical (unpaired) electrons. The van der Waals surface area contributed by atoms with Gasteiger partial charge < -0.3 is 5.32 Å². The van der Waals surface area contributed by atoms with Gasteiger partial charge in [-0.2, -0.15) is 0 Å². The van der Waals surface area contributed by atoms with Crippen molar-refractivity contribution in [3.63, 3.8) is 0 Å². The molecule has 0 spiro atoms. The van der Waals surface area contributed by atoms with E-state index in [4.69, 9.17) is 0 Å². The van der Waals surface area contributed by atoms with E-state index in [0.717, 1.165) is 17.5 Å². The van der Waals surface area contributed by atoms with Crippen LogP contribution >= 0.6 is 0 Å². The van der Waals surface area contributed by atoms with Gasteiger partial charge in [-0.3, -0.25) is 9.59 Å². The predicted octanol–water partition coefficient (Wildman–Crippen LogP) is 3.56. The Labute approximate surface area is 131 Å². The Kier molecular flexibility index (Phi) is 3.90. The van der Waals surface area contributed by atoms with Crippen molar-refractivity contribution in [2.75, 3.05) is 5.32 Å². The standard InChI is InChI=1S/C19H23NO2/c1-11-8-9-14(10-13(11)3)16-17(19(22)18(16)21)20-15-7-5-4-6-12(15)2/h8-10,12,15,20H,4-7H2,1-3H3/t12-,15-/m0/s1. The second-order valence-corrected chi connectivity index (χ2v) is 6.72. The van der Waals surface area contributed by atoms with Crippen molar-refractivity contribution in [1.29, 1.82) is 0 Å². The molecule has 0 heterocycles. The number of rotatable bonds is 3. The molecule has 0 aliphatic heterocycles. The summed E-state index contributed by atoms with van der Waals surface area (Å²) in [5.74, 6) is 0.547. The van der Waals surface area contributed by atoms with Crippen LogP contribution in [0.4, 0.5) is 5.69 Å². The highest BCUT2D eigenvalue weighted by Crippen LogP contribution is 2.30. The Balaban J connectivity index is 1.93. The van der Waals surface area contributed by atoms with Crippen LogP contribution in [-0.2, 0) is 0 Å². The van der Waals surface area contributed by atoms with Gasteiger partial charge in [-0.15, -0.1) is 0 Å². The SMILES string of the molecule is Cc1ccc(-c2c(N[C@H]3CCCC[C@@H]3C)c(=O)c2=O)cc1C. The summed E-state index contributed by atoms with van der Waals surface area (Å²) in [5.41, 5.74) is 3.59. The number of anilines is 1. The lowest BCUT2D eigenvalue weighted by molar-refractivity contribution is 0.349. The smallest absolute Gasteiger partial charge is 0.250 e. The first-order valence-corrected chi connectivity index (χ1v) is 8.16. The van der Waals surface area contributed by atoms with Crippen LogP contribution in [0.3, 0.4) is 0 Å². The highest BCUT2D eigenvalue weighted by atomic mass is 16.2. The molecule has 22 heavy (non-hydrogen) atoms. The normalized spacial score (nSPS) is 22.0. The van der Waals surface area contributed by atoms with Crippen LogP contribution in [0.15, 0.2) is 27.8 Å². The summed E-state index contributed by atoms with van der Waals surface area (Å²) in [4.78, 5) is 24.1. The van der Waals surface area contributed by atoms with Gasteiger partial charge in [0.05, 0.1) is 11.3 Å². The molecule has 3 heteroatoms. The predicted molar refractivity (Wildman–Crippen MR) is 91.3 cm³/mol. The number of aryl methyl sites for hydroxylation is 2. The summed E-state index contributed by atoms with van der Waals surface area (Å²) in [6.07, 6.45) is 4.71. The van der Waals surface area contributed by atoms with Crippen LogP contribution in [0.1, 0.15) is 43.7 Å². The van der Waals surface area contributed by atoms with Crippen LogP contribution < -0.4 is 16.2 Å². The van der Waals surface area contributed by atoms with E-state index in [1.54, 1.807) is 0 Å². The fraction of sp³-hybridized carbons (Fsp3) is 0.474. The van der Waals surface area contributed by atoms with Gasteiger partial charge in [-0.05, 0) is 49.3 Å². The van der Waals surface area contributed by atoms with Crippen molar-refractivity contribution in [3.05, 3.63) is 49.8 Å². The Morgan fingerprint density at radius 1 is 1.00 bits per heavy atom. The van der Waals surface area contributed by atoms with E-state index in [1.165, 1.54) is 24.8 Å². The first kappa shape index (κ1) is 15.0. The molecule has 2 aromatic carbocycles. The third-order valence-corrected chi connectivity index (χ3v) is 5.15. The Hall–Kier alpha value is -1.90. The zero-order chi connectivity index (χ0) is 15.9. The number of hydrogen-bond acceptors (Lipinski definition) is 3. The minimum Gasteiger partial charge on any atom is -0.378 e. The van der Waals surface area contributed by atoms with E-state index >= 15 is 0 Å². The average molecular weight is 297 g/mol. The fourth-order valence-corrected chi connectivity index (χ4v) is 3.42. The molecular formula is C19H23NO2. The van der Waals surface area contributed by atoms with Crippen LogP contribution in [0.25, 0.3) is 11.1 Å². The zero-order valence-corrected chi connectivity index (χ0v) is 13.5. The second-order valence-electron chi connectivity index (χ2n) is 6.72. The summed E-state index contributed by atoms with van der Waals surface area (Å²) in [5, 5.41) is 3.38. The maximum absolute atomic E-state index is 12.0. The summed E-state index contributed by atoms with van der Waals surface area (Å²) in [6.45, 7) is 6.29. The molecule has 1 fully saturated rings. The molecule has 2 aromatic rings. The lowest BCUT2D eigenvalue weighted by Crippen LogP contribution is -2.41. The third kappa shape index (κ3) is 2.49. The molecule has 3 nitrogen and oxygen atoms in total. The van der Waals surface area contributed by atoms with Crippen molar-refractivity contribution >= 4 is 5.69 Å². The first-order chi connectivity index (χ1) is 10.5. The van der Waals surface area contributed by atoms with E-state index in [2.05, 4.69) is 12.2 Å². The quantitative estimate of drug-likeness (QED) is 0.881. The van der Waals surface area contributed by atoms with Gasteiger partial charge in [0, 0.05) is 6.04 Å². The van der Waals surface area contributed by atoms with Gasteiger partial charge >= 0.3 is 0 Å². The Bertz CT molecular complexity index is 768. The maximum Gasteiger partial charge on any atom is 0.250 e. The molecule has 116 valence electrons. The minimum absolute atomic E-state index is 0.308. The first-order valence-electron chi connectivity index (χ1n) is 8.16. The lowest BCUT2D eigenvalue weighted by Gasteiger charge is -2.31. The highest BCUT2D eigenvalue weighted by Gasteiger charge is 2.28. The van der Waals surface area contributed by atoms with Crippen molar-refractivity contribution in [2.45, 2.75) is 52.5 Å². The summed E-state index contributed by atoms with van der Waals surface area (Å²) in [7, 11) is 0. The molecule has 0 amide bonds. The van der Waals surface area contributed by atoms with Crippen LogP contribution in [-0.4, -0.2) is 6.04 Å². The Morgan fingerprint density at radius 2 is 1.73 bits per heavy atom. The van der Waals surface area contributed by atoms with E-state index < -0.39 is 0 Å². The molecule has 0 bridgehead atoms. The van der Waals surface area contributed by atoms with Crippen LogP contribution in [0.5, 0.6) is 0 Å². The number of nitrogens with one attached hydrogen (secondary N) is 1. The molecule has 2 atom stereocenters. The van der Waals surface area contributed by atoms with E-state index in [9.17, 15) is 9.59 Å². The molecular weight excluding hydrogens is 274 g/mol. The molecule has 1 aliphatic rings. The van der Waals surface area contributed by atoms with Gasteiger partial charge in [0.1, 0.15) is 0 Å². The molecule has 0 unspecified atom stereocenters. The lowest BCUT2D eigenvalue weighted by atomic mass is 9.85. The zero-order valence-electron chi connectivity index (χ0n) is 13.5. The van der Waals surface area contributed by atoms with E-state index in [-0.39, 0.29) is 10.9 Å². The van der Waals surface area contributed by atoms with Gasteiger partial charge in [-0.25, -0.2) is 0 Å². The van der Waals surface area contributed by atoms with Crippen LogP contribution in [0.2, 0.25) is 0 Å². The third-order valence-electron chi connectivity index (χ3n) is 5.15. The largest absolute Gasteiger partial charge is 0.378 e. The van der Waals surface area contributed by atoms with Crippen molar-refractivity contribution in [2.24, 2.45) is 5.92 Å². The molecule has 0 saturated heterocycles. The molecule has 1 aliphatic carbocycles. The van der Waals surface area contributed by atoms with Gasteiger partial charge in [-0.1, -0.05) is 38.0 Å². The monoisotopic (exact) mass is 297 g/mol. The topological polar surface area (TPSA) is 46.2 Å². The summed E-state index contributed by atoms with van der Waals surface area (Å²) >= 11 is 0. The van der Waals surface area contributed by atoms with Crippen molar-refractivity contribution in [3.8, 4) is 11.1 Å². The van der Waals surface area contributed by atoms with Gasteiger partial charge in [0.15, 0.2) is 0 Å². The molecule has 1 N–H and O–H groups in total. The summed E-state index contributed by atoms with van der Waals surface area (Å²) in [6, 6.07) is 6.26. The molecule has 0 aromatic heterocycles. The Morgan fingerprint density at radius 3 is 2.41 bits per heavy atom. The van der Waals surface area contributed by atoms with Gasteiger partial charge in [0.25, 0.3) is 0 Å². The van der Waals surface area contributed by atoms with Crippen molar-refractivity contribution < 1.29 is 0 Å². The average Bonchev–Trinajstić information content (AvgIpc) is 2.51. The van der Waals surface area contributed by atoms with E-state index in [0.29, 0.717) is 23.2 Å².